The SMILES string of the molecule is Nc1nccnc1-c1nc2ccc(Br)cc2s1. The number of nitrogen functional groups attached to an aromatic ring is 1. The first-order chi connectivity index (χ1) is 8.24. The first-order valence-corrected chi connectivity index (χ1v) is 6.48. The van der Waals surface area contributed by atoms with Crippen LogP contribution in [-0.4, -0.2) is 15.0 Å². The lowest BCUT2D eigenvalue weighted by molar-refractivity contribution is 1.21. The van der Waals surface area contributed by atoms with Gasteiger partial charge in [-0.2, -0.15) is 0 Å². The second-order valence-corrected chi connectivity index (χ2v) is 5.37. The Kier molecular flexibility index (Phi) is 2.53. The minimum absolute atomic E-state index is 0.408. The average molecular weight is 307 g/mol. The number of fused-ring (bicyclic) bond motifs is 1. The van der Waals surface area contributed by atoms with Gasteiger partial charge in [0.15, 0.2) is 5.82 Å². The first kappa shape index (κ1) is 10.6. The molecule has 0 aliphatic carbocycles. The Labute approximate surface area is 110 Å². The second kappa shape index (κ2) is 4.05. The molecule has 6 heteroatoms. The molecule has 0 radical (unpaired) electrons. The number of nitrogens with two attached hydrogens (primary N) is 1. The third-order valence-corrected chi connectivity index (χ3v) is 3.80. The van der Waals surface area contributed by atoms with E-state index in [1.165, 1.54) is 0 Å². The zero-order valence-electron chi connectivity index (χ0n) is 8.59. The Balaban J connectivity index is 2.22. The van der Waals surface area contributed by atoms with Crippen LogP contribution < -0.4 is 5.73 Å². The van der Waals surface area contributed by atoms with E-state index in [0.29, 0.717) is 11.5 Å². The van der Waals surface area contributed by atoms with Crippen molar-refractivity contribution in [2.45, 2.75) is 0 Å². The number of anilines is 1. The van der Waals surface area contributed by atoms with Crippen molar-refractivity contribution in [1.29, 1.82) is 0 Å². The maximum absolute atomic E-state index is 5.79. The lowest BCUT2D eigenvalue weighted by Crippen LogP contribution is -1.95. The molecular formula is C11H7BrN4S. The highest BCUT2D eigenvalue weighted by molar-refractivity contribution is 9.10. The van der Waals surface area contributed by atoms with Crippen LogP contribution in [0.15, 0.2) is 35.1 Å². The predicted molar refractivity (Wildman–Crippen MR) is 72.8 cm³/mol. The molecule has 3 aromatic rings. The lowest BCUT2D eigenvalue weighted by Gasteiger charge is -1.97. The fraction of sp³-hybridized carbons (Fsp3) is 0. The molecule has 3 rings (SSSR count). The topological polar surface area (TPSA) is 64.7 Å². The Morgan fingerprint density at radius 3 is 2.82 bits per heavy atom. The van der Waals surface area contributed by atoms with Gasteiger partial charge in [0.2, 0.25) is 0 Å². The van der Waals surface area contributed by atoms with Crippen LogP contribution in [-0.2, 0) is 0 Å². The summed E-state index contributed by atoms with van der Waals surface area (Å²) in [6.07, 6.45) is 3.19. The van der Waals surface area contributed by atoms with Crippen molar-refractivity contribution in [3.8, 4) is 10.7 Å². The summed E-state index contributed by atoms with van der Waals surface area (Å²) in [5.74, 6) is 0.408. The summed E-state index contributed by atoms with van der Waals surface area (Å²) in [7, 11) is 0. The Morgan fingerprint density at radius 2 is 2.00 bits per heavy atom. The quantitative estimate of drug-likeness (QED) is 0.750. The van der Waals surface area contributed by atoms with Crippen molar-refractivity contribution in [3.63, 3.8) is 0 Å². The van der Waals surface area contributed by atoms with Gasteiger partial charge in [-0.25, -0.2) is 15.0 Å². The molecule has 2 N–H and O–H groups in total. The van der Waals surface area contributed by atoms with Crippen LogP contribution in [0.2, 0.25) is 0 Å². The van der Waals surface area contributed by atoms with E-state index in [1.807, 2.05) is 18.2 Å². The van der Waals surface area contributed by atoms with Gasteiger partial charge in [0.05, 0.1) is 10.2 Å². The van der Waals surface area contributed by atoms with Crippen LogP contribution in [0.4, 0.5) is 5.82 Å². The van der Waals surface area contributed by atoms with Gasteiger partial charge in [-0.15, -0.1) is 11.3 Å². The number of nitrogens with zero attached hydrogens (tertiary/aromatic N) is 3. The van der Waals surface area contributed by atoms with E-state index >= 15 is 0 Å². The number of benzene rings is 1. The number of rotatable bonds is 1. The molecular weight excluding hydrogens is 300 g/mol. The normalized spacial score (nSPS) is 10.9. The number of halogens is 1. The summed E-state index contributed by atoms with van der Waals surface area (Å²) >= 11 is 4.99. The van der Waals surface area contributed by atoms with Crippen molar-refractivity contribution in [3.05, 3.63) is 35.1 Å². The molecule has 0 spiro atoms. The fourth-order valence-electron chi connectivity index (χ4n) is 1.51. The van der Waals surface area contributed by atoms with E-state index in [4.69, 9.17) is 5.73 Å². The molecule has 17 heavy (non-hydrogen) atoms. The maximum atomic E-state index is 5.79. The van der Waals surface area contributed by atoms with E-state index in [2.05, 4.69) is 30.9 Å². The van der Waals surface area contributed by atoms with Crippen LogP contribution in [0, 0.1) is 0 Å². The van der Waals surface area contributed by atoms with E-state index < -0.39 is 0 Å². The fourth-order valence-corrected chi connectivity index (χ4v) is 3.04. The predicted octanol–water partition coefficient (Wildman–Crippen LogP) is 3.10. The summed E-state index contributed by atoms with van der Waals surface area (Å²) in [5.41, 5.74) is 7.37. The molecule has 84 valence electrons. The highest BCUT2D eigenvalue weighted by Gasteiger charge is 2.10. The Morgan fingerprint density at radius 1 is 1.18 bits per heavy atom. The zero-order valence-corrected chi connectivity index (χ0v) is 11.0. The average Bonchev–Trinajstić information content (AvgIpc) is 2.72. The van der Waals surface area contributed by atoms with Gasteiger partial charge in [0.1, 0.15) is 10.7 Å². The monoisotopic (exact) mass is 306 g/mol. The van der Waals surface area contributed by atoms with Gasteiger partial charge in [-0.05, 0) is 18.2 Å². The molecule has 0 saturated carbocycles. The van der Waals surface area contributed by atoms with Crippen LogP contribution in [0.1, 0.15) is 0 Å². The van der Waals surface area contributed by atoms with Gasteiger partial charge < -0.3 is 5.73 Å². The number of hydrogen-bond donors (Lipinski definition) is 1. The van der Waals surface area contributed by atoms with Crippen molar-refractivity contribution in [1.82, 2.24) is 15.0 Å². The molecule has 2 heterocycles. The number of hydrogen-bond acceptors (Lipinski definition) is 5. The van der Waals surface area contributed by atoms with Gasteiger partial charge in [0, 0.05) is 16.9 Å². The van der Waals surface area contributed by atoms with Crippen molar-refractivity contribution in [2.24, 2.45) is 0 Å². The Bertz CT molecular complexity index is 695. The highest BCUT2D eigenvalue weighted by atomic mass is 79.9. The van der Waals surface area contributed by atoms with Crippen LogP contribution in [0.5, 0.6) is 0 Å². The van der Waals surface area contributed by atoms with E-state index in [-0.39, 0.29) is 0 Å². The smallest absolute Gasteiger partial charge is 0.152 e. The van der Waals surface area contributed by atoms with Gasteiger partial charge in [0.25, 0.3) is 0 Å². The maximum Gasteiger partial charge on any atom is 0.152 e. The summed E-state index contributed by atoms with van der Waals surface area (Å²) in [6.45, 7) is 0. The molecule has 0 bridgehead atoms. The molecule has 0 aliphatic heterocycles. The number of thiazole rings is 1. The molecule has 0 unspecified atom stereocenters. The summed E-state index contributed by atoms with van der Waals surface area (Å²) in [6, 6.07) is 5.96. The summed E-state index contributed by atoms with van der Waals surface area (Å²) in [5, 5.41) is 0.795. The third kappa shape index (κ3) is 1.89. The van der Waals surface area contributed by atoms with Gasteiger partial charge >= 0.3 is 0 Å². The molecule has 1 aromatic carbocycles. The van der Waals surface area contributed by atoms with E-state index in [0.717, 1.165) is 19.7 Å². The first-order valence-electron chi connectivity index (χ1n) is 4.87. The molecule has 0 saturated heterocycles. The molecule has 0 atom stereocenters. The summed E-state index contributed by atoms with van der Waals surface area (Å²) < 4.78 is 2.13. The number of aromatic nitrogens is 3. The molecule has 0 amide bonds. The Hall–Kier alpha value is -1.53. The van der Waals surface area contributed by atoms with E-state index in [1.54, 1.807) is 23.7 Å². The van der Waals surface area contributed by atoms with Crippen LogP contribution in [0.25, 0.3) is 20.9 Å². The molecule has 2 aromatic heterocycles. The van der Waals surface area contributed by atoms with Gasteiger partial charge in [-0.1, -0.05) is 15.9 Å². The third-order valence-electron chi connectivity index (χ3n) is 2.28. The van der Waals surface area contributed by atoms with E-state index in [9.17, 15) is 0 Å². The zero-order chi connectivity index (χ0) is 11.8. The molecule has 0 fully saturated rings. The van der Waals surface area contributed by atoms with Crippen molar-refractivity contribution >= 4 is 43.3 Å². The minimum atomic E-state index is 0.408. The van der Waals surface area contributed by atoms with Crippen molar-refractivity contribution in [2.75, 3.05) is 5.73 Å². The van der Waals surface area contributed by atoms with Crippen molar-refractivity contribution < 1.29 is 0 Å². The lowest BCUT2D eigenvalue weighted by atomic mass is 10.3. The van der Waals surface area contributed by atoms with Crippen LogP contribution >= 0.6 is 27.3 Å². The summed E-state index contributed by atoms with van der Waals surface area (Å²) in [4.78, 5) is 12.7. The molecule has 0 aliphatic rings. The standard InChI is InChI=1S/C11H7BrN4S/c12-6-1-2-7-8(5-6)17-11(16-7)9-10(13)15-4-3-14-9/h1-5H,(H2,13,15). The molecule has 4 nitrogen and oxygen atoms in total. The second-order valence-electron chi connectivity index (χ2n) is 3.42. The highest BCUT2D eigenvalue weighted by Crippen LogP contribution is 2.32. The van der Waals surface area contributed by atoms with Crippen LogP contribution in [0.3, 0.4) is 0 Å². The largest absolute Gasteiger partial charge is 0.382 e. The van der Waals surface area contributed by atoms with Gasteiger partial charge in [-0.3, -0.25) is 0 Å². The minimum Gasteiger partial charge on any atom is -0.382 e.